The van der Waals surface area contributed by atoms with Gasteiger partial charge in [-0.2, -0.15) is 0 Å². The zero-order chi connectivity index (χ0) is 17.3. The summed E-state index contributed by atoms with van der Waals surface area (Å²) in [4.78, 5) is 26.4. The monoisotopic (exact) mass is 334 g/mol. The SMILES string of the molecule is CN1C(=O)CC(C(=O)NC2CCC(O)CC2)C1c1ccc(F)cc1. The van der Waals surface area contributed by atoms with E-state index >= 15 is 0 Å². The van der Waals surface area contributed by atoms with Gasteiger partial charge in [0.05, 0.1) is 18.1 Å². The Morgan fingerprint density at radius 3 is 2.46 bits per heavy atom. The van der Waals surface area contributed by atoms with E-state index in [1.165, 1.54) is 12.1 Å². The minimum atomic E-state index is -0.472. The highest BCUT2D eigenvalue weighted by molar-refractivity contribution is 5.90. The molecule has 1 aliphatic carbocycles. The Bertz CT molecular complexity index is 611. The molecule has 2 atom stereocenters. The van der Waals surface area contributed by atoms with Crippen molar-refractivity contribution >= 4 is 11.8 Å². The van der Waals surface area contributed by atoms with Crippen molar-refractivity contribution in [2.45, 2.75) is 50.3 Å². The van der Waals surface area contributed by atoms with Crippen molar-refractivity contribution in [2.75, 3.05) is 7.05 Å². The third kappa shape index (κ3) is 3.43. The quantitative estimate of drug-likeness (QED) is 0.885. The fourth-order valence-corrected chi connectivity index (χ4v) is 3.75. The van der Waals surface area contributed by atoms with Crippen LogP contribution < -0.4 is 5.32 Å². The predicted octanol–water partition coefficient (Wildman–Crippen LogP) is 1.76. The van der Waals surface area contributed by atoms with Gasteiger partial charge in [-0.3, -0.25) is 9.59 Å². The van der Waals surface area contributed by atoms with Crippen LogP contribution in [0, 0.1) is 11.7 Å². The number of nitrogens with zero attached hydrogens (tertiary/aromatic N) is 1. The summed E-state index contributed by atoms with van der Waals surface area (Å²) < 4.78 is 13.2. The van der Waals surface area contributed by atoms with Crippen molar-refractivity contribution in [3.8, 4) is 0 Å². The van der Waals surface area contributed by atoms with Crippen LogP contribution in [0.25, 0.3) is 0 Å². The fraction of sp³-hybridized carbons (Fsp3) is 0.556. The topological polar surface area (TPSA) is 69.6 Å². The van der Waals surface area contributed by atoms with Gasteiger partial charge < -0.3 is 15.3 Å². The Labute approximate surface area is 140 Å². The van der Waals surface area contributed by atoms with Crippen LogP contribution in [0.3, 0.4) is 0 Å². The summed E-state index contributed by atoms with van der Waals surface area (Å²) in [5.74, 6) is -1.03. The first-order chi connectivity index (χ1) is 11.5. The van der Waals surface area contributed by atoms with Gasteiger partial charge in [0.2, 0.25) is 11.8 Å². The minimum Gasteiger partial charge on any atom is -0.393 e. The summed E-state index contributed by atoms with van der Waals surface area (Å²) in [5, 5.41) is 12.6. The second-order valence-electron chi connectivity index (χ2n) is 6.83. The van der Waals surface area contributed by atoms with Crippen molar-refractivity contribution in [3.63, 3.8) is 0 Å². The van der Waals surface area contributed by atoms with Crippen molar-refractivity contribution in [3.05, 3.63) is 35.6 Å². The van der Waals surface area contributed by atoms with E-state index in [2.05, 4.69) is 5.32 Å². The second-order valence-corrected chi connectivity index (χ2v) is 6.83. The van der Waals surface area contributed by atoms with Gasteiger partial charge in [0.15, 0.2) is 0 Å². The number of carbonyl (C=O) groups excluding carboxylic acids is 2. The first-order valence-electron chi connectivity index (χ1n) is 8.45. The summed E-state index contributed by atoms with van der Waals surface area (Å²) in [5.41, 5.74) is 0.768. The number of aliphatic hydroxyl groups excluding tert-OH is 1. The van der Waals surface area contributed by atoms with E-state index in [0.29, 0.717) is 12.8 Å². The van der Waals surface area contributed by atoms with Crippen LogP contribution in [0.4, 0.5) is 4.39 Å². The molecule has 2 unspecified atom stereocenters. The van der Waals surface area contributed by atoms with Gasteiger partial charge in [-0.15, -0.1) is 0 Å². The Morgan fingerprint density at radius 2 is 1.83 bits per heavy atom. The number of nitrogens with one attached hydrogen (secondary N) is 1. The number of rotatable bonds is 3. The fourth-order valence-electron chi connectivity index (χ4n) is 3.75. The lowest BCUT2D eigenvalue weighted by Crippen LogP contribution is -2.42. The summed E-state index contributed by atoms with van der Waals surface area (Å²) in [6.07, 6.45) is 2.78. The minimum absolute atomic E-state index is 0.0516. The molecule has 2 amide bonds. The van der Waals surface area contributed by atoms with Gasteiger partial charge in [0.25, 0.3) is 0 Å². The van der Waals surface area contributed by atoms with E-state index in [0.717, 1.165) is 18.4 Å². The van der Waals surface area contributed by atoms with E-state index < -0.39 is 5.92 Å². The lowest BCUT2D eigenvalue weighted by Gasteiger charge is -2.29. The summed E-state index contributed by atoms with van der Waals surface area (Å²) in [7, 11) is 1.68. The molecule has 1 saturated carbocycles. The molecule has 0 aromatic heterocycles. The van der Waals surface area contributed by atoms with Crippen LogP contribution in [0.15, 0.2) is 24.3 Å². The number of likely N-dealkylation sites (tertiary alicyclic amines) is 1. The average Bonchev–Trinajstić information content (AvgIpc) is 2.86. The lowest BCUT2D eigenvalue weighted by molar-refractivity contribution is -0.128. The number of amides is 2. The highest BCUT2D eigenvalue weighted by Crippen LogP contribution is 2.37. The maximum absolute atomic E-state index is 13.2. The van der Waals surface area contributed by atoms with E-state index in [-0.39, 0.29) is 42.2 Å². The summed E-state index contributed by atoms with van der Waals surface area (Å²) in [6, 6.07) is 5.65. The Kier molecular flexibility index (Phi) is 4.85. The van der Waals surface area contributed by atoms with Crippen molar-refractivity contribution in [2.24, 2.45) is 5.92 Å². The second kappa shape index (κ2) is 6.89. The molecule has 2 aliphatic rings. The number of benzene rings is 1. The van der Waals surface area contributed by atoms with Gasteiger partial charge in [-0.25, -0.2) is 4.39 Å². The molecule has 1 aliphatic heterocycles. The molecule has 5 nitrogen and oxygen atoms in total. The first kappa shape index (κ1) is 16.9. The van der Waals surface area contributed by atoms with Gasteiger partial charge in [-0.1, -0.05) is 12.1 Å². The Hall–Kier alpha value is -1.95. The first-order valence-corrected chi connectivity index (χ1v) is 8.45. The van der Waals surface area contributed by atoms with Crippen LogP contribution in [-0.2, 0) is 9.59 Å². The molecule has 1 aromatic rings. The number of halogens is 1. The standard InChI is InChI=1S/C18H23FN2O3/c1-21-16(23)10-15(17(21)11-2-4-12(19)5-3-11)18(24)20-13-6-8-14(22)9-7-13/h2-5,13-15,17,22H,6-10H2,1H3,(H,20,24). The molecule has 0 bridgehead atoms. The zero-order valence-electron chi connectivity index (χ0n) is 13.7. The molecule has 130 valence electrons. The molecule has 2 N–H and O–H groups in total. The van der Waals surface area contributed by atoms with Gasteiger partial charge in [0.1, 0.15) is 5.82 Å². The Morgan fingerprint density at radius 1 is 1.21 bits per heavy atom. The molecule has 2 fully saturated rings. The van der Waals surface area contributed by atoms with Crippen LogP contribution in [0.5, 0.6) is 0 Å². The maximum Gasteiger partial charge on any atom is 0.226 e. The lowest BCUT2D eigenvalue weighted by atomic mass is 9.90. The van der Waals surface area contributed by atoms with Gasteiger partial charge in [0, 0.05) is 19.5 Å². The van der Waals surface area contributed by atoms with E-state index in [4.69, 9.17) is 0 Å². The van der Waals surface area contributed by atoms with Gasteiger partial charge in [-0.05, 0) is 43.4 Å². The Balaban J connectivity index is 1.73. The maximum atomic E-state index is 13.2. The van der Waals surface area contributed by atoms with Crippen molar-refractivity contribution < 1.29 is 19.1 Å². The molecule has 3 rings (SSSR count). The van der Waals surface area contributed by atoms with Crippen LogP contribution in [0.2, 0.25) is 0 Å². The molecule has 0 radical (unpaired) electrons. The molecule has 6 heteroatoms. The normalized spacial score (nSPS) is 30.5. The number of aliphatic hydroxyl groups is 1. The molecular formula is C18H23FN2O3. The number of hydrogen-bond acceptors (Lipinski definition) is 3. The molecular weight excluding hydrogens is 311 g/mol. The highest BCUT2D eigenvalue weighted by Gasteiger charge is 2.43. The zero-order valence-corrected chi connectivity index (χ0v) is 13.7. The van der Waals surface area contributed by atoms with Crippen LogP contribution in [0.1, 0.15) is 43.7 Å². The summed E-state index contributed by atoms with van der Waals surface area (Å²) >= 11 is 0. The largest absolute Gasteiger partial charge is 0.393 e. The molecule has 1 saturated heterocycles. The molecule has 1 aromatic carbocycles. The number of hydrogen-bond donors (Lipinski definition) is 2. The van der Waals surface area contributed by atoms with Crippen LogP contribution in [-0.4, -0.2) is 41.0 Å². The number of carbonyl (C=O) groups is 2. The van der Waals surface area contributed by atoms with Crippen molar-refractivity contribution in [1.29, 1.82) is 0 Å². The smallest absolute Gasteiger partial charge is 0.226 e. The third-order valence-electron chi connectivity index (χ3n) is 5.18. The predicted molar refractivity (Wildman–Crippen MR) is 86.4 cm³/mol. The summed E-state index contributed by atoms with van der Waals surface area (Å²) in [6.45, 7) is 0. The van der Waals surface area contributed by atoms with Crippen LogP contribution >= 0.6 is 0 Å². The van der Waals surface area contributed by atoms with E-state index in [1.807, 2.05) is 0 Å². The molecule has 1 heterocycles. The molecule has 24 heavy (non-hydrogen) atoms. The average molecular weight is 334 g/mol. The van der Waals surface area contributed by atoms with E-state index in [9.17, 15) is 19.1 Å². The van der Waals surface area contributed by atoms with Gasteiger partial charge >= 0.3 is 0 Å². The van der Waals surface area contributed by atoms with Crippen molar-refractivity contribution in [1.82, 2.24) is 10.2 Å². The van der Waals surface area contributed by atoms with E-state index in [1.54, 1.807) is 24.1 Å². The third-order valence-corrected chi connectivity index (χ3v) is 5.18. The molecule has 0 spiro atoms. The highest BCUT2D eigenvalue weighted by atomic mass is 19.1.